The summed E-state index contributed by atoms with van der Waals surface area (Å²) in [5.41, 5.74) is 0.885. The van der Waals surface area contributed by atoms with Crippen LogP contribution >= 0.6 is 35.4 Å². The van der Waals surface area contributed by atoms with E-state index < -0.39 is 0 Å². The molecule has 0 fully saturated rings. The zero-order valence-electron chi connectivity index (χ0n) is 11.1. The van der Waals surface area contributed by atoms with Crippen LogP contribution in [0.4, 0.5) is 5.69 Å². The summed E-state index contributed by atoms with van der Waals surface area (Å²) in [6.45, 7) is 1.10. The van der Waals surface area contributed by atoms with E-state index in [2.05, 4.69) is 10.6 Å². The van der Waals surface area contributed by atoms with E-state index in [1.54, 1.807) is 24.3 Å². The maximum Gasteiger partial charge on any atom is 0.170 e. The van der Waals surface area contributed by atoms with Crippen LogP contribution in [0.2, 0.25) is 10.0 Å². The van der Waals surface area contributed by atoms with Gasteiger partial charge in [0.1, 0.15) is 12.4 Å². The summed E-state index contributed by atoms with van der Waals surface area (Å²) in [4.78, 5) is 0. The standard InChI is InChI=1S/C15H14Cl2N2OS/c16-11-1-5-13(6-2-11)19-15(21)18-9-10-20-14-7-3-12(17)4-8-14/h1-8H,9-10H2,(H2,18,19,21). The van der Waals surface area contributed by atoms with Crippen LogP contribution in [0.5, 0.6) is 5.75 Å². The van der Waals surface area contributed by atoms with E-state index in [0.717, 1.165) is 11.4 Å². The van der Waals surface area contributed by atoms with Crippen LogP contribution in [0.1, 0.15) is 0 Å². The van der Waals surface area contributed by atoms with Gasteiger partial charge in [0, 0.05) is 15.7 Å². The van der Waals surface area contributed by atoms with Crippen LogP contribution in [0.3, 0.4) is 0 Å². The fourth-order valence-corrected chi connectivity index (χ4v) is 2.04. The maximum absolute atomic E-state index is 5.82. The lowest BCUT2D eigenvalue weighted by Crippen LogP contribution is -2.31. The molecule has 110 valence electrons. The highest BCUT2D eigenvalue weighted by molar-refractivity contribution is 7.80. The molecule has 2 N–H and O–H groups in total. The molecule has 2 aromatic carbocycles. The average molecular weight is 341 g/mol. The van der Waals surface area contributed by atoms with Gasteiger partial charge in [-0.05, 0) is 60.7 Å². The fraction of sp³-hybridized carbons (Fsp3) is 0.133. The molecule has 0 saturated heterocycles. The van der Waals surface area contributed by atoms with Crippen molar-refractivity contribution in [3.63, 3.8) is 0 Å². The summed E-state index contributed by atoms with van der Waals surface area (Å²) in [5.74, 6) is 0.776. The zero-order valence-corrected chi connectivity index (χ0v) is 13.4. The van der Waals surface area contributed by atoms with Gasteiger partial charge in [-0.1, -0.05) is 23.2 Å². The number of ether oxygens (including phenoxy) is 1. The Balaban J connectivity index is 1.67. The Morgan fingerprint density at radius 3 is 2.14 bits per heavy atom. The summed E-state index contributed by atoms with van der Waals surface area (Å²) >= 11 is 16.8. The van der Waals surface area contributed by atoms with Gasteiger partial charge in [-0.25, -0.2) is 0 Å². The van der Waals surface area contributed by atoms with E-state index in [9.17, 15) is 0 Å². The van der Waals surface area contributed by atoms with Crippen molar-refractivity contribution in [1.29, 1.82) is 0 Å². The fourth-order valence-electron chi connectivity index (χ4n) is 1.57. The lowest BCUT2D eigenvalue weighted by Gasteiger charge is -2.11. The molecule has 0 aliphatic heterocycles. The smallest absolute Gasteiger partial charge is 0.170 e. The topological polar surface area (TPSA) is 33.3 Å². The van der Waals surface area contributed by atoms with Crippen molar-refractivity contribution in [3.8, 4) is 5.75 Å². The summed E-state index contributed by atoms with van der Waals surface area (Å²) in [5, 5.41) is 8.05. The molecule has 0 unspecified atom stereocenters. The Labute approximate surface area is 139 Å². The van der Waals surface area contributed by atoms with Crippen LogP contribution in [0.15, 0.2) is 48.5 Å². The van der Waals surface area contributed by atoms with Crippen molar-refractivity contribution >= 4 is 46.2 Å². The van der Waals surface area contributed by atoms with Crippen LogP contribution in [-0.2, 0) is 0 Å². The number of nitrogens with one attached hydrogen (secondary N) is 2. The molecule has 2 aromatic rings. The molecule has 0 bridgehead atoms. The lowest BCUT2D eigenvalue weighted by molar-refractivity contribution is 0.323. The first-order valence-corrected chi connectivity index (χ1v) is 7.49. The van der Waals surface area contributed by atoms with Gasteiger partial charge in [0.25, 0.3) is 0 Å². The largest absolute Gasteiger partial charge is 0.492 e. The summed E-state index contributed by atoms with van der Waals surface area (Å²) in [6.07, 6.45) is 0. The molecule has 0 radical (unpaired) electrons. The Kier molecular flexibility index (Phi) is 6.11. The van der Waals surface area contributed by atoms with Crippen molar-refractivity contribution in [3.05, 3.63) is 58.6 Å². The van der Waals surface area contributed by atoms with Crippen LogP contribution in [0.25, 0.3) is 0 Å². The highest BCUT2D eigenvalue weighted by Crippen LogP contribution is 2.15. The Morgan fingerprint density at radius 1 is 0.952 bits per heavy atom. The first-order valence-electron chi connectivity index (χ1n) is 6.32. The van der Waals surface area contributed by atoms with Crippen LogP contribution in [-0.4, -0.2) is 18.3 Å². The number of benzene rings is 2. The number of hydrogen-bond donors (Lipinski definition) is 2. The third kappa shape index (κ3) is 5.79. The second-order valence-corrected chi connectivity index (χ2v) is 5.47. The molecule has 21 heavy (non-hydrogen) atoms. The minimum atomic E-state index is 0.504. The molecule has 0 aliphatic rings. The van der Waals surface area contributed by atoms with Crippen molar-refractivity contribution in [1.82, 2.24) is 5.32 Å². The molecule has 6 heteroatoms. The Morgan fingerprint density at radius 2 is 1.52 bits per heavy atom. The van der Waals surface area contributed by atoms with Gasteiger partial charge in [-0.15, -0.1) is 0 Å². The molecular formula is C15H14Cl2N2OS. The highest BCUT2D eigenvalue weighted by atomic mass is 35.5. The number of halogens is 2. The normalized spacial score (nSPS) is 10.0. The Bertz CT molecular complexity index is 588. The van der Waals surface area contributed by atoms with Gasteiger partial charge in [0.15, 0.2) is 5.11 Å². The van der Waals surface area contributed by atoms with E-state index in [1.165, 1.54) is 0 Å². The molecule has 0 aromatic heterocycles. The number of anilines is 1. The van der Waals surface area contributed by atoms with Gasteiger partial charge < -0.3 is 15.4 Å². The first-order chi connectivity index (χ1) is 10.1. The van der Waals surface area contributed by atoms with E-state index in [-0.39, 0.29) is 0 Å². The number of hydrogen-bond acceptors (Lipinski definition) is 2. The summed E-state index contributed by atoms with van der Waals surface area (Å²) < 4.78 is 5.55. The van der Waals surface area contributed by atoms with Gasteiger partial charge in [0.2, 0.25) is 0 Å². The second kappa shape index (κ2) is 8.08. The van der Waals surface area contributed by atoms with E-state index in [1.807, 2.05) is 24.3 Å². The van der Waals surface area contributed by atoms with E-state index >= 15 is 0 Å². The monoisotopic (exact) mass is 340 g/mol. The molecule has 0 heterocycles. The molecule has 0 aliphatic carbocycles. The van der Waals surface area contributed by atoms with E-state index in [4.69, 9.17) is 40.2 Å². The molecule has 0 atom stereocenters. The molecular weight excluding hydrogens is 327 g/mol. The number of rotatable bonds is 5. The zero-order chi connectivity index (χ0) is 15.1. The minimum Gasteiger partial charge on any atom is -0.492 e. The SMILES string of the molecule is S=C(NCCOc1ccc(Cl)cc1)Nc1ccc(Cl)cc1. The lowest BCUT2D eigenvalue weighted by atomic mass is 10.3. The van der Waals surface area contributed by atoms with Gasteiger partial charge in [-0.3, -0.25) is 0 Å². The molecule has 3 nitrogen and oxygen atoms in total. The number of thiocarbonyl (C=S) groups is 1. The molecule has 0 saturated carbocycles. The minimum absolute atomic E-state index is 0.504. The van der Waals surface area contributed by atoms with Crippen molar-refractivity contribution in [2.75, 3.05) is 18.5 Å². The van der Waals surface area contributed by atoms with Gasteiger partial charge >= 0.3 is 0 Å². The quantitative estimate of drug-likeness (QED) is 0.625. The van der Waals surface area contributed by atoms with Crippen molar-refractivity contribution in [2.45, 2.75) is 0 Å². The molecule has 0 spiro atoms. The molecule has 0 amide bonds. The van der Waals surface area contributed by atoms with Crippen molar-refractivity contribution in [2.24, 2.45) is 0 Å². The third-order valence-corrected chi connectivity index (χ3v) is 3.32. The predicted molar refractivity (Wildman–Crippen MR) is 92.6 cm³/mol. The Hall–Kier alpha value is -1.49. The van der Waals surface area contributed by atoms with Crippen LogP contribution < -0.4 is 15.4 Å². The predicted octanol–water partition coefficient (Wildman–Crippen LogP) is 4.36. The first kappa shape index (κ1) is 15.9. The highest BCUT2D eigenvalue weighted by Gasteiger charge is 1.98. The van der Waals surface area contributed by atoms with Gasteiger partial charge in [0.05, 0.1) is 6.54 Å². The summed E-state index contributed by atoms with van der Waals surface area (Å²) in [7, 11) is 0. The van der Waals surface area contributed by atoms with E-state index in [0.29, 0.717) is 28.3 Å². The summed E-state index contributed by atoms with van der Waals surface area (Å²) in [6, 6.07) is 14.6. The average Bonchev–Trinajstić information content (AvgIpc) is 2.48. The molecule has 2 rings (SSSR count). The van der Waals surface area contributed by atoms with Crippen LogP contribution in [0, 0.1) is 0 Å². The van der Waals surface area contributed by atoms with Gasteiger partial charge in [-0.2, -0.15) is 0 Å². The third-order valence-electron chi connectivity index (χ3n) is 2.57. The second-order valence-electron chi connectivity index (χ2n) is 4.19. The van der Waals surface area contributed by atoms with Crippen molar-refractivity contribution < 1.29 is 4.74 Å². The maximum atomic E-state index is 5.82.